The van der Waals surface area contributed by atoms with Crippen LogP contribution in [0.25, 0.3) is 10.9 Å². The van der Waals surface area contributed by atoms with Gasteiger partial charge in [0.15, 0.2) is 5.78 Å². The summed E-state index contributed by atoms with van der Waals surface area (Å²) in [6, 6.07) is 13.7. The largest absolute Gasteiger partial charge is 0.494 e. The molecule has 3 aromatic rings. The number of ketones is 1. The molecule has 1 aliphatic rings. The molecule has 4 rings (SSSR count). The number of rotatable bonds is 9. The number of nitrogens with zero attached hydrogens (tertiary/aromatic N) is 2. The van der Waals surface area contributed by atoms with Crippen molar-refractivity contribution in [3.05, 3.63) is 63.2 Å². The zero-order chi connectivity index (χ0) is 23.4. The molecule has 0 spiro atoms. The Morgan fingerprint density at radius 3 is 2.55 bits per heavy atom. The number of Topliss-reactive ketones (excluding diaryl/α,β-unsaturated/α-hetero) is 1. The predicted molar refractivity (Wildman–Crippen MR) is 140 cm³/mol. The summed E-state index contributed by atoms with van der Waals surface area (Å²) in [5.74, 6) is 1.76. The second-order valence-corrected chi connectivity index (χ2v) is 10.3. The Bertz CT molecular complexity index is 1100. The molecule has 176 valence electrons. The van der Waals surface area contributed by atoms with Crippen LogP contribution < -0.4 is 4.74 Å². The van der Waals surface area contributed by atoms with Crippen LogP contribution >= 0.6 is 27.5 Å². The number of hydrogen-bond donors (Lipinski definition) is 0. The monoisotopic (exact) mass is 530 g/mol. The lowest BCUT2D eigenvalue weighted by Gasteiger charge is -2.32. The van der Waals surface area contributed by atoms with Gasteiger partial charge in [-0.3, -0.25) is 4.79 Å². The van der Waals surface area contributed by atoms with Crippen LogP contribution in [0.5, 0.6) is 5.75 Å². The number of likely N-dealkylation sites (tertiary alicyclic amines) is 1. The lowest BCUT2D eigenvalue weighted by molar-refractivity contribution is 0.101. The Labute approximate surface area is 210 Å². The van der Waals surface area contributed by atoms with Gasteiger partial charge in [0.05, 0.1) is 12.1 Å². The highest BCUT2D eigenvalue weighted by Crippen LogP contribution is 2.32. The third-order valence-corrected chi connectivity index (χ3v) is 7.71. The first-order valence-electron chi connectivity index (χ1n) is 11.8. The first-order chi connectivity index (χ1) is 15.9. The van der Waals surface area contributed by atoms with Crippen LogP contribution in [0.1, 0.15) is 48.7 Å². The second-order valence-electron chi connectivity index (χ2n) is 9.03. The highest BCUT2D eigenvalue weighted by Gasteiger charge is 2.21. The third-order valence-electron chi connectivity index (χ3n) is 6.82. The van der Waals surface area contributed by atoms with Crippen molar-refractivity contribution >= 4 is 44.2 Å². The van der Waals surface area contributed by atoms with Crippen molar-refractivity contribution in [2.45, 2.75) is 46.1 Å². The summed E-state index contributed by atoms with van der Waals surface area (Å²) in [4.78, 5) is 14.9. The minimum absolute atomic E-state index is 0.136. The number of para-hydroxylation sites is 1. The average Bonchev–Trinajstić information content (AvgIpc) is 3.09. The molecule has 33 heavy (non-hydrogen) atoms. The SMILES string of the molecule is CC(=O)c1c(C)n(CCCN2CCC(CCOc3ccc(Cl)cc3)CC2)c2c(Br)cccc12. The normalized spacial score (nSPS) is 15.3. The van der Waals surface area contributed by atoms with Crippen molar-refractivity contribution < 1.29 is 9.53 Å². The maximum atomic E-state index is 12.3. The molecule has 0 radical (unpaired) electrons. The fourth-order valence-electron chi connectivity index (χ4n) is 5.04. The van der Waals surface area contributed by atoms with E-state index in [1.165, 1.54) is 12.8 Å². The molecule has 6 heteroatoms. The zero-order valence-corrected chi connectivity index (χ0v) is 21.8. The molecule has 2 heterocycles. The van der Waals surface area contributed by atoms with Crippen LogP contribution in [0.3, 0.4) is 0 Å². The van der Waals surface area contributed by atoms with Crippen molar-refractivity contribution in [3.8, 4) is 5.75 Å². The number of hydrogen-bond acceptors (Lipinski definition) is 3. The summed E-state index contributed by atoms with van der Waals surface area (Å²) >= 11 is 9.63. The summed E-state index contributed by atoms with van der Waals surface area (Å²) < 4.78 is 9.25. The van der Waals surface area contributed by atoms with Gasteiger partial charge < -0.3 is 14.2 Å². The van der Waals surface area contributed by atoms with Crippen LogP contribution in [0.2, 0.25) is 5.02 Å². The number of carbonyl (C=O) groups is 1. The number of fused-ring (bicyclic) bond motifs is 1. The quantitative estimate of drug-likeness (QED) is 0.275. The van der Waals surface area contributed by atoms with Gasteiger partial charge in [0.25, 0.3) is 0 Å². The predicted octanol–water partition coefficient (Wildman–Crippen LogP) is 7.14. The standard InChI is InChI=1S/C27H32BrClN2O2/c1-19-26(20(2)32)24-5-3-6-25(28)27(24)31(19)15-4-14-30-16-11-21(12-17-30)13-18-33-23-9-7-22(29)8-10-23/h3,5-10,21H,4,11-18H2,1-2H3. The van der Waals surface area contributed by atoms with Crippen LogP contribution in [-0.4, -0.2) is 41.5 Å². The van der Waals surface area contributed by atoms with E-state index in [-0.39, 0.29) is 5.78 Å². The minimum atomic E-state index is 0.136. The molecular formula is C27H32BrClN2O2. The minimum Gasteiger partial charge on any atom is -0.494 e. The number of ether oxygens (including phenoxy) is 1. The van der Waals surface area contributed by atoms with E-state index < -0.39 is 0 Å². The van der Waals surface area contributed by atoms with E-state index in [1.807, 2.05) is 30.3 Å². The van der Waals surface area contributed by atoms with Crippen molar-refractivity contribution in [2.75, 3.05) is 26.2 Å². The van der Waals surface area contributed by atoms with E-state index in [1.54, 1.807) is 6.92 Å². The van der Waals surface area contributed by atoms with E-state index in [0.29, 0.717) is 0 Å². The molecule has 1 fully saturated rings. The maximum absolute atomic E-state index is 12.3. The summed E-state index contributed by atoms with van der Waals surface area (Å²) in [5.41, 5.74) is 3.07. The van der Waals surface area contributed by atoms with Crippen molar-refractivity contribution in [3.63, 3.8) is 0 Å². The number of halogens is 2. The van der Waals surface area contributed by atoms with E-state index >= 15 is 0 Å². The van der Waals surface area contributed by atoms with Crippen LogP contribution in [0.15, 0.2) is 46.9 Å². The summed E-state index contributed by atoms with van der Waals surface area (Å²) in [7, 11) is 0. The highest BCUT2D eigenvalue weighted by atomic mass is 79.9. The Kier molecular flexibility index (Phi) is 8.15. The number of aromatic nitrogens is 1. The molecule has 0 aliphatic carbocycles. The van der Waals surface area contributed by atoms with Crippen LogP contribution in [0, 0.1) is 12.8 Å². The highest BCUT2D eigenvalue weighted by molar-refractivity contribution is 9.10. The molecule has 0 amide bonds. The van der Waals surface area contributed by atoms with Gasteiger partial charge in [-0.25, -0.2) is 0 Å². The lowest BCUT2D eigenvalue weighted by atomic mass is 9.94. The van der Waals surface area contributed by atoms with Crippen molar-refractivity contribution in [1.82, 2.24) is 9.47 Å². The molecular weight excluding hydrogens is 500 g/mol. The number of aryl methyl sites for hydroxylation is 1. The van der Waals surface area contributed by atoms with Gasteiger partial charge in [0.1, 0.15) is 5.75 Å². The van der Waals surface area contributed by atoms with E-state index in [2.05, 4.69) is 44.5 Å². The topological polar surface area (TPSA) is 34.5 Å². The van der Waals surface area contributed by atoms with Gasteiger partial charge >= 0.3 is 0 Å². The van der Waals surface area contributed by atoms with E-state index in [9.17, 15) is 4.79 Å². The lowest BCUT2D eigenvalue weighted by Crippen LogP contribution is -2.35. The Morgan fingerprint density at radius 1 is 1.12 bits per heavy atom. The van der Waals surface area contributed by atoms with Crippen LogP contribution in [-0.2, 0) is 6.54 Å². The molecule has 1 aliphatic heterocycles. The molecule has 0 unspecified atom stereocenters. The number of piperidine rings is 1. The second kappa shape index (κ2) is 11.1. The Balaban J connectivity index is 1.24. The Hall–Kier alpha value is -1.82. The maximum Gasteiger partial charge on any atom is 0.162 e. The smallest absolute Gasteiger partial charge is 0.162 e. The van der Waals surface area contributed by atoms with Gasteiger partial charge in [0.2, 0.25) is 0 Å². The van der Waals surface area contributed by atoms with Gasteiger partial charge in [0, 0.05) is 32.7 Å². The van der Waals surface area contributed by atoms with E-state index in [4.69, 9.17) is 16.3 Å². The van der Waals surface area contributed by atoms with Gasteiger partial charge in [-0.2, -0.15) is 0 Å². The fourth-order valence-corrected chi connectivity index (χ4v) is 5.74. The van der Waals surface area contributed by atoms with Gasteiger partial charge in [-0.1, -0.05) is 23.7 Å². The molecule has 0 saturated carbocycles. The first kappa shape index (κ1) is 24.3. The van der Waals surface area contributed by atoms with Crippen LogP contribution in [0.4, 0.5) is 0 Å². The van der Waals surface area contributed by atoms with Crippen molar-refractivity contribution in [1.29, 1.82) is 0 Å². The van der Waals surface area contributed by atoms with E-state index in [0.717, 1.165) is 89.0 Å². The zero-order valence-electron chi connectivity index (χ0n) is 19.4. The first-order valence-corrected chi connectivity index (χ1v) is 13.0. The van der Waals surface area contributed by atoms with Gasteiger partial charge in [-0.15, -0.1) is 0 Å². The molecule has 1 aromatic heterocycles. The average molecular weight is 532 g/mol. The summed E-state index contributed by atoms with van der Waals surface area (Å²) in [6.07, 6.45) is 4.64. The fraction of sp³-hybridized carbons (Fsp3) is 0.444. The molecule has 0 bridgehead atoms. The summed E-state index contributed by atoms with van der Waals surface area (Å²) in [5, 5.41) is 1.79. The molecule has 2 aromatic carbocycles. The molecule has 4 nitrogen and oxygen atoms in total. The number of benzene rings is 2. The Morgan fingerprint density at radius 2 is 1.85 bits per heavy atom. The molecule has 0 atom stereocenters. The molecule has 0 N–H and O–H groups in total. The molecule has 1 saturated heterocycles. The van der Waals surface area contributed by atoms with Crippen molar-refractivity contribution in [2.24, 2.45) is 5.92 Å². The third kappa shape index (κ3) is 5.82. The summed E-state index contributed by atoms with van der Waals surface area (Å²) in [6.45, 7) is 8.82. The number of carbonyl (C=O) groups excluding carboxylic acids is 1. The van der Waals surface area contributed by atoms with Gasteiger partial charge in [-0.05, 0) is 111 Å².